The number of nitrogens with one attached hydrogen (secondary N) is 1. The number of carbonyl (C=O) groups is 1. The molecule has 1 N–H and O–H groups in total. The lowest BCUT2D eigenvalue weighted by Gasteiger charge is -2.10. The van der Waals surface area contributed by atoms with Crippen LogP contribution < -0.4 is 5.32 Å². The first-order valence-corrected chi connectivity index (χ1v) is 9.68. The van der Waals surface area contributed by atoms with Crippen molar-refractivity contribution in [1.29, 1.82) is 0 Å². The fraction of sp³-hybridized carbons (Fsp3) is 0.250. The molecule has 0 unspecified atom stereocenters. The Morgan fingerprint density at radius 2 is 2.00 bits per heavy atom. The maximum absolute atomic E-state index is 12.6. The molecule has 9 heteroatoms. The highest BCUT2D eigenvalue weighted by atomic mass is 35.5. The van der Waals surface area contributed by atoms with Crippen LogP contribution in [0.15, 0.2) is 42.5 Å². The van der Waals surface area contributed by atoms with Crippen molar-refractivity contribution in [2.24, 2.45) is 0 Å². The molecule has 0 aliphatic carbocycles. The molecule has 4 rings (SSSR count). The molecule has 0 fully saturated rings. The summed E-state index contributed by atoms with van der Waals surface area (Å²) in [5.41, 5.74) is 1.27. The van der Waals surface area contributed by atoms with Crippen LogP contribution in [0.1, 0.15) is 35.4 Å². The molecule has 0 saturated carbocycles. The van der Waals surface area contributed by atoms with Gasteiger partial charge < -0.3 is 9.88 Å². The minimum atomic E-state index is -0.614. The van der Waals surface area contributed by atoms with Crippen LogP contribution in [0.3, 0.4) is 0 Å². The molecule has 8 nitrogen and oxygen atoms in total. The Bertz CT molecular complexity index is 1100. The number of halogens is 1. The van der Waals surface area contributed by atoms with Crippen LogP contribution in [0.4, 0.5) is 11.4 Å². The first kappa shape index (κ1) is 19.1. The number of fused-ring (bicyclic) bond motifs is 1. The highest BCUT2D eigenvalue weighted by molar-refractivity contribution is 6.32. The molecule has 1 aromatic heterocycles. The maximum atomic E-state index is 12.6. The number of nitro benzene ring substituents is 1. The number of aromatic nitrogens is 3. The normalized spacial score (nSPS) is 13.4. The topological polar surface area (TPSA) is 103 Å². The predicted octanol–water partition coefficient (Wildman–Crippen LogP) is 4.49. The van der Waals surface area contributed by atoms with E-state index in [4.69, 9.17) is 11.6 Å². The zero-order valence-electron chi connectivity index (χ0n) is 15.5. The van der Waals surface area contributed by atoms with Crippen LogP contribution in [-0.4, -0.2) is 25.6 Å². The van der Waals surface area contributed by atoms with E-state index in [1.54, 1.807) is 6.07 Å². The highest BCUT2D eigenvalue weighted by Crippen LogP contribution is 2.27. The van der Waals surface area contributed by atoms with Gasteiger partial charge in [0.15, 0.2) is 5.82 Å². The van der Waals surface area contributed by atoms with E-state index in [0.29, 0.717) is 5.69 Å². The van der Waals surface area contributed by atoms with E-state index in [1.165, 1.54) is 24.6 Å². The molecule has 0 spiro atoms. The summed E-state index contributed by atoms with van der Waals surface area (Å²) in [6, 6.07) is 11.3. The van der Waals surface area contributed by atoms with Gasteiger partial charge in [0, 0.05) is 35.8 Å². The summed E-state index contributed by atoms with van der Waals surface area (Å²) in [6.45, 7) is 0.878. The van der Waals surface area contributed by atoms with E-state index in [1.807, 2.05) is 18.2 Å². The summed E-state index contributed by atoms with van der Waals surface area (Å²) < 4.78 is 2.14. The second-order valence-corrected chi connectivity index (χ2v) is 7.27. The fourth-order valence-corrected chi connectivity index (χ4v) is 3.62. The van der Waals surface area contributed by atoms with Gasteiger partial charge in [-0.3, -0.25) is 14.9 Å². The molecule has 2 heterocycles. The number of anilines is 1. The molecule has 2 aromatic carbocycles. The number of hydrogen-bond acceptors (Lipinski definition) is 5. The van der Waals surface area contributed by atoms with Crippen LogP contribution in [0.25, 0.3) is 11.4 Å². The smallest absolute Gasteiger partial charge is 0.288 e. The lowest BCUT2D eigenvalue weighted by molar-refractivity contribution is -0.384. The minimum absolute atomic E-state index is 0.0129. The second-order valence-electron chi connectivity index (χ2n) is 6.86. The Balaban J connectivity index is 1.59. The molecular formula is C20H18ClN5O3. The molecular weight excluding hydrogens is 394 g/mol. The van der Waals surface area contributed by atoms with E-state index < -0.39 is 10.8 Å². The van der Waals surface area contributed by atoms with Gasteiger partial charge in [-0.1, -0.05) is 30.2 Å². The largest absolute Gasteiger partial charge is 0.322 e. The SMILES string of the molecule is O=C(Nc1cccc(-c2nnc3n2CCCCC3)c1)c1ccc(Cl)c([N+](=O)[O-])c1. The van der Waals surface area contributed by atoms with Crippen molar-refractivity contribution < 1.29 is 9.72 Å². The molecule has 0 saturated heterocycles. The molecule has 0 atom stereocenters. The lowest BCUT2D eigenvalue weighted by Crippen LogP contribution is -2.12. The quantitative estimate of drug-likeness (QED) is 0.503. The maximum Gasteiger partial charge on any atom is 0.288 e. The van der Waals surface area contributed by atoms with Crippen molar-refractivity contribution in [1.82, 2.24) is 14.8 Å². The van der Waals surface area contributed by atoms with Crippen LogP contribution in [-0.2, 0) is 13.0 Å². The van der Waals surface area contributed by atoms with Crippen LogP contribution in [0.2, 0.25) is 5.02 Å². The van der Waals surface area contributed by atoms with Crippen molar-refractivity contribution in [3.63, 3.8) is 0 Å². The van der Waals surface area contributed by atoms with Gasteiger partial charge in [-0.15, -0.1) is 10.2 Å². The van der Waals surface area contributed by atoms with Crippen LogP contribution >= 0.6 is 11.6 Å². The first-order valence-electron chi connectivity index (χ1n) is 9.31. The molecule has 29 heavy (non-hydrogen) atoms. The zero-order chi connectivity index (χ0) is 20.4. The summed E-state index contributed by atoms with van der Waals surface area (Å²) in [5, 5.41) is 22.5. The molecule has 0 bridgehead atoms. The second kappa shape index (κ2) is 8.00. The average molecular weight is 412 g/mol. The molecule has 3 aromatic rings. The predicted molar refractivity (Wildman–Crippen MR) is 109 cm³/mol. The van der Waals surface area contributed by atoms with E-state index in [9.17, 15) is 14.9 Å². The van der Waals surface area contributed by atoms with Gasteiger partial charge in [0.25, 0.3) is 11.6 Å². The summed E-state index contributed by atoms with van der Waals surface area (Å²) in [5.74, 6) is 1.31. The molecule has 1 aliphatic rings. The van der Waals surface area contributed by atoms with Crippen molar-refractivity contribution in [3.05, 3.63) is 69.0 Å². The summed E-state index contributed by atoms with van der Waals surface area (Å²) in [6.07, 6.45) is 4.29. The Hall–Kier alpha value is -3.26. The Kier molecular flexibility index (Phi) is 5.26. The van der Waals surface area contributed by atoms with Crippen molar-refractivity contribution in [3.8, 4) is 11.4 Å². The summed E-state index contributed by atoms with van der Waals surface area (Å²) >= 11 is 5.81. The minimum Gasteiger partial charge on any atom is -0.322 e. The van der Waals surface area contributed by atoms with Crippen LogP contribution in [0, 0.1) is 10.1 Å². The fourth-order valence-electron chi connectivity index (χ4n) is 3.43. The Labute approximate surface area is 171 Å². The third-order valence-electron chi connectivity index (χ3n) is 4.89. The number of amides is 1. The number of carbonyl (C=O) groups excluding carboxylic acids is 1. The van der Waals surface area contributed by atoms with Gasteiger partial charge in [-0.25, -0.2) is 0 Å². The van der Waals surface area contributed by atoms with E-state index in [-0.39, 0.29) is 16.3 Å². The van der Waals surface area contributed by atoms with Crippen molar-refractivity contribution in [2.75, 3.05) is 5.32 Å². The third-order valence-corrected chi connectivity index (χ3v) is 5.21. The van der Waals surface area contributed by atoms with Gasteiger partial charge in [-0.2, -0.15) is 0 Å². The van der Waals surface area contributed by atoms with Gasteiger partial charge in [0.05, 0.1) is 4.92 Å². The number of hydrogen-bond donors (Lipinski definition) is 1. The Morgan fingerprint density at radius 1 is 1.14 bits per heavy atom. The standard InChI is InChI=1S/C20H18ClN5O3/c21-16-9-8-14(12-17(16)26(28)29)20(27)22-15-6-4-5-13(11-15)19-24-23-18-7-2-1-3-10-25(18)19/h4-6,8-9,11-12H,1-3,7,10H2,(H,22,27). The van der Waals surface area contributed by atoms with Crippen molar-refractivity contribution in [2.45, 2.75) is 32.2 Å². The number of benzene rings is 2. The number of rotatable bonds is 4. The molecule has 1 amide bonds. The monoisotopic (exact) mass is 411 g/mol. The number of nitrogens with zero attached hydrogens (tertiary/aromatic N) is 4. The van der Waals surface area contributed by atoms with E-state index >= 15 is 0 Å². The lowest BCUT2D eigenvalue weighted by atomic mass is 10.1. The average Bonchev–Trinajstić information content (AvgIpc) is 2.96. The van der Waals surface area contributed by atoms with Crippen LogP contribution in [0.5, 0.6) is 0 Å². The molecule has 148 valence electrons. The number of aryl methyl sites for hydroxylation is 1. The van der Waals surface area contributed by atoms with Gasteiger partial charge in [0.1, 0.15) is 10.8 Å². The first-order chi connectivity index (χ1) is 14.0. The number of nitro groups is 1. The third kappa shape index (κ3) is 3.97. The van der Waals surface area contributed by atoms with Crippen molar-refractivity contribution >= 4 is 28.9 Å². The highest BCUT2D eigenvalue weighted by Gasteiger charge is 2.18. The Morgan fingerprint density at radius 3 is 2.83 bits per heavy atom. The molecule has 0 radical (unpaired) electrons. The van der Waals surface area contributed by atoms with E-state index in [2.05, 4.69) is 20.1 Å². The van der Waals surface area contributed by atoms with Gasteiger partial charge in [-0.05, 0) is 37.1 Å². The zero-order valence-corrected chi connectivity index (χ0v) is 16.2. The van der Waals surface area contributed by atoms with Gasteiger partial charge >= 0.3 is 0 Å². The van der Waals surface area contributed by atoms with E-state index in [0.717, 1.165) is 43.0 Å². The summed E-state index contributed by atoms with van der Waals surface area (Å²) in [7, 11) is 0. The van der Waals surface area contributed by atoms with Gasteiger partial charge in [0.2, 0.25) is 0 Å². The summed E-state index contributed by atoms with van der Waals surface area (Å²) in [4.78, 5) is 23.0. The molecule has 1 aliphatic heterocycles.